The lowest BCUT2D eigenvalue weighted by Crippen LogP contribution is -2.35. The van der Waals surface area contributed by atoms with E-state index in [9.17, 15) is 18.7 Å². The van der Waals surface area contributed by atoms with Gasteiger partial charge >= 0.3 is 0 Å². The molecule has 1 unspecified atom stereocenters. The van der Waals surface area contributed by atoms with Gasteiger partial charge in [-0.2, -0.15) is 0 Å². The fourth-order valence-corrected chi connectivity index (χ4v) is 1.83. The largest absolute Gasteiger partial charge is 0.389 e. The average Bonchev–Trinajstić information content (AvgIpc) is 2.38. The van der Waals surface area contributed by atoms with E-state index in [1.165, 1.54) is 31.2 Å². The van der Waals surface area contributed by atoms with Crippen LogP contribution in [0.15, 0.2) is 24.3 Å². The van der Waals surface area contributed by atoms with Crippen LogP contribution in [0.25, 0.3) is 5.57 Å². The van der Waals surface area contributed by atoms with Crippen molar-refractivity contribution >= 4 is 11.5 Å². The fraction of sp³-hybridized carbons (Fsp3) is 0.400. The van der Waals surface area contributed by atoms with Gasteiger partial charge in [-0.25, -0.2) is 8.78 Å². The van der Waals surface area contributed by atoms with Crippen LogP contribution in [0.5, 0.6) is 0 Å². The second kappa shape index (κ2) is 7.85. The van der Waals surface area contributed by atoms with Crippen molar-refractivity contribution in [1.29, 1.82) is 0 Å². The monoisotopic (exact) mass is 299 g/mol. The van der Waals surface area contributed by atoms with E-state index in [-0.39, 0.29) is 24.6 Å². The van der Waals surface area contributed by atoms with E-state index in [0.29, 0.717) is 5.57 Å². The van der Waals surface area contributed by atoms with Gasteiger partial charge in [0.15, 0.2) is 0 Å². The van der Waals surface area contributed by atoms with Gasteiger partial charge in [0.25, 0.3) is 0 Å². The molecule has 1 N–H and O–H groups in total. The van der Waals surface area contributed by atoms with Crippen LogP contribution in [0.1, 0.15) is 12.5 Å². The Balaban J connectivity index is 2.78. The van der Waals surface area contributed by atoms with E-state index < -0.39 is 17.7 Å². The molecule has 0 aliphatic rings. The summed E-state index contributed by atoms with van der Waals surface area (Å²) in [5, 5.41) is 9.55. The van der Waals surface area contributed by atoms with Crippen molar-refractivity contribution in [1.82, 2.24) is 4.90 Å². The Labute approximate surface area is 122 Å². The number of ether oxygens (including phenoxy) is 1. The van der Waals surface area contributed by atoms with Crippen molar-refractivity contribution in [2.75, 3.05) is 27.3 Å². The number of aliphatic hydroxyl groups excluding tert-OH is 1. The minimum Gasteiger partial charge on any atom is -0.389 e. The topological polar surface area (TPSA) is 49.8 Å². The van der Waals surface area contributed by atoms with Crippen LogP contribution in [0.4, 0.5) is 8.78 Å². The maximum Gasteiger partial charge on any atom is 0.246 e. The molecule has 1 aromatic carbocycles. The number of nitrogens with zero attached hydrogens (tertiary/aromatic N) is 1. The van der Waals surface area contributed by atoms with Crippen LogP contribution in [0.2, 0.25) is 0 Å². The van der Waals surface area contributed by atoms with Gasteiger partial charge in [0.2, 0.25) is 5.91 Å². The minimum absolute atomic E-state index is 0.0996. The quantitative estimate of drug-likeness (QED) is 0.815. The van der Waals surface area contributed by atoms with Crippen molar-refractivity contribution in [3.05, 3.63) is 41.5 Å². The smallest absolute Gasteiger partial charge is 0.246 e. The second-order valence-corrected chi connectivity index (χ2v) is 4.78. The Morgan fingerprint density at radius 2 is 2.14 bits per heavy atom. The SMILES string of the molecule is COCC(O)CN(C)C(=O)/C=C(/C)c1ccc(F)cc1F. The van der Waals surface area contributed by atoms with E-state index in [0.717, 1.165) is 12.1 Å². The molecule has 1 amide bonds. The number of hydrogen-bond acceptors (Lipinski definition) is 3. The number of carbonyl (C=O) groups excluding carboxylic acids is 1. The number of halogens is 2. The Kier molecular flexibility index (Phi) is 6.45. The summed E-state index contributed by atoms with van der Waals surface area (Å²) in [6, 6.07) is 3.18. The molecule has 0 radical (unpaired) electrons. The fourth-order valence-electron chi connectivity index (χ4n) is 1.83. The summed E-state index contributed by atoms with van der Waals surface area (Å²) in [6.45, 7) is 1.78. The Morgan fingerprint density at radius 3 is 2.71 bits per heavy atom. The highest BCUT2D eigenvalue weighted by Gasteiger charge is 2.13. The summed E-state index contributed by atoms with van der Waals surface area (Å²) in [6.07, 6.45) is 0.454. The Hall–Kier alpha value is -1.79. The normalized spacial score (nSPS) is 13.1. The standard InChI is InChI=1S/C15H19F2NO3/c1-10(13-5-4-11(16)7-14(13)17)6-15(20)18(2)8-12(19)9-21-3/h4-7,12,19H,8-9H2,1-3H3/b10-6-. The maximum atomic E-state index is 13.6. The highest BCUT2D eigenvalue weighted by Crippen LogP contribution is 2.18. The number of aliphatic hydroxyl groups is 1. The van der Waals surface area contributed by atoms with Gasteiger partial charge in [-0.3, -0.25) is 4.79 Å². The van der Waals surface area contributed by atoms with E-state index >= 15 is 0 Å². The van der Waals surface area contributed by atoms with Crippen LogP contribution in [-0.4, -0.2) is 49.3 Å². The lowest BCUT2D eigenvalue weighted by molar-refractivity contribution is -0.126. The van der Waals surface area contributed by atoms with Crippen LogP contribution in [0.3, 0.4) is 0 Å². The van der Waals surface area contributed by atoms with Gasteiger partial charge < -0.3 is 14.7 Å². The molecule has 1 aromatic rings. The maximum absolute atomic E-state index is 13.6. The van der Waals surface area contributed by atoms with Crippen LogP contribution in [-0.2, 0) is 9.53 Å². The first kappa shape index (κ1) is 17.3. The lowest BCUT2D eigenvalue weighted by Gasteiger charge is -2.19. The molecule has 0 spiro atoms. The van der Waals surface area contributed by atoms with Gasteiger partial charge in [-0.1, -0.05) is 0 Å². The summed E-state index contributed by atoms with van der Waals surface area (Å²) in [5.41, 5.74) is 0.543. The summed E-state index contributed by atoms with van der Waals surface area (Å²) in [5.74, 6) is -1.78. The third kappa shape index (κ3) is 5.24. The number of hydrogen-bond donors (Lipinski definition) is 1. The molecule has 0 aromatic heterocycles. The molecule has 0 aliphatic heterocycles. The van der Waals surface area contributed by atoms with E-state index in [1.54, 1.807) is 6.92 Å². The second-order valence-electron chi connectivity index (χ2n) is 4.78. The predicted octanol–water partition coefficient (Wildman–Crippen LogP) is 1.83. The third-order valence-corrected chi connectivity index (χ3v) is 2.92. The van der Waals surface area contributed by atoms with Crippen molar-refractivity contribution < 1.29 is 23.4 Å². The number of amides is 1. The molecular formula is C15H19F2NO3. The van der Waals surface area contributed by atoms with Crippen LogP contribution < -0.4 is 0 Å². The number of allylic oxidation sites excluding steroid dienone is 1. The van der Waals surface area contributed by atoms with Crippen molar-refractivity contribution in [2.45, 2.75) is 13.0 Å². The first-order valence-corrected chi connectivity index (χ1v) is 6.41. The van der Waals surface area contributed by atoms with Gasteiger partial charge in [-0.15, -0.1) is 0 Å². The number of methoxy groups -OCH3 is 1. The number of likely N-dealkylation sites (N-methyl/N-ethyl adjacent to an activating group) is 1. The Bertz CT molecular complexity index is 532. The molecule has 21 heavy (non-hydrogen) atoms. The van der Waals surface area contributed by atoms with Gasteiger partial charge in [0.05, 0.1) is 12.7 Å². The molecule has 0 fully saturated rings. The lowest BCUT2D eigenvalue weighted by atomic mass is 10.1. The first-order chi connectivity index (χ1) is 9.85. The van der Waals surface area contributed by atoms with Crippen molar-refractivity contribution in [3.8, 4) is 0 Å². The summed E-state index contributed by atoms with van der Waals surface area (Å²) in [7, 11) is 2.97. The molecule has 0 heterocycles. The van der Waals surface area contributed by atoms with Crippen molar-refractivity contribution in [2.24, 2.45) is 0 Å². The zero-order valence-electron chi connectivity index (χ0n) is 12.3. The highest BCUT2D eigenvalue weighted by atomic mass is 19.1. The van der Waals surface area contributed by atoms with E-state index in [2.05, 4.69) is 0 Å². The third-order valence-electron chi connectivity index (χ3n) is 2.92. The van der Waals surface area contributed by atoms with Gasteiger partial charge in [-0.05, 0) is 24.6 Å². The molecule has 1 atom stereocenters. The number of carbonyl (C=O) groups is 1. The van der Waals surface area contributed by atoms with Crippen LogP contribution >= 0.6 is 0 Å². The molecule has 0 aliphatic carbocycles. The number of rotatable bonds is 6. The summed E-state index contributed by atoms with van der Waals surface area (Å²) in [4.78, 5) is 13.2. The predicted molar refractivity (Wildman–Crippen MR) is 75.5 cm³/mol. The van der Waals surface area contributed by atoms with E-state index in [1.807, 2.05) is 0 Å². The zero-order chi connectivity index (χ0) is 16.0. The molecule has 6 heteroatoms. The summed E-state index contributed by atoms with van der Waals surface area (Å²) < 4.78 is 31.2. The van der Waals surface area contributed by atoms with E-state index in [4.69, 9.17) is 4.74 Å². The zero-order valence-corrected chi connectivity index (χ0v) is 12.3. The van der Waals surface area contributed by atoms with Gasteiger partial charge in [0, 0.05) is 38.4 Å². The highest BCUT2D eigenvalue weighted by molar-refractivity contribution is 5.94. The molecule has 1 rings (SSSR count). The molecule has 4 nitrogen and oxygen atoms in total. The number of benzene rings is 1. The first-order valence-electron chi connectivity index (χ1n) is 6.41. The van der Waals surface area contributed by atoms with Gasteiger partial charge in [0.1, 0.15) is 11.6 Å². The molecule has 116 valence electrons. The molecule has 0 saturated heterocycles. The average molecular weight is 299 g/mol. The minimum atomic E-state index is -0.791. The molecule has 0 bridgehead atoms. The Morgan fingerprint density at radius 1 is 1.48 bits per heavy atom. The van der Waals surface area contributed by atoms with Crippen LogP contribution in [0, 0.1) is 11.6 Å². The summed E-state index contributed by atoms with van der Waals surface area (Å²) >= 11 is 0. The molecular weight excluding hydrogens is 280 g/mol. The molecule has 0 saturated carbocycles. The van der Waals surface area contributed by atoms with Crippen molar-refractivity contribution in [3.63, 3.8) is 0 Å².